The number of H-pyrrole nitrogens is 1. The molecular formula is C24H23N3O2S. The second-order valence-electron chi connectivity index (χ2n) is 6.94. The van der Waals surface area contributed by atoms with Crippen molar-refractivity contribution in [3.8, 4) is 0 Å². The monoisotopic (exact) mass is 417 g/mol. The van der Waals surface area contributed by atoms with Crippen molar-refractivity contribution in [2.75, 3.05) is 7.11 Å². The van der Waals surface area contributed by atoms with Crippen molar-refractivity contribution in [2.24, 2.45) is 0 Å². The van der Waals surface area contributed by atoms with Crippen molar-refractivity contribution < 1.29 is 9.53 Å². The van der Waals surface area contributed by atoms with E-state index in [4.69, 9.17) is 4.74 Å². The van der Waals surface area contributed by atoms with E-state index in [1.807, 2.05) is 72.8 Å². The number of amides is 1. The Hall–Kier alpha value is -3.09. The van der Waals surface area contributed by atoms with Crippen LogP contribution < -0.4 is 5.32 Å². The molecule has 0 saturated heterocycles. The van der Waals surface area contributed by atoms with Crippen LogP contribution in [0, 0.1) is 0 Å². The van der Waals surface area contributed by atoms with Gasteiger partial charge in [-0.2, -0.15) is 0 Å². The molecule has 0 aliphatic carbocycles. The highest BCUT2D eigenvalue weighted by molar-refractivity contribution is 7.98. The molecule has 5 nitrogen and oxygen atoms in total. The number of carbonyl (C=O) groups excluding carboxylic acids is 1. The SMILES string of the molecule is COCc1ccc(CNC(=O)c2ccccc2CSc2nc3ccccc3[nH]2)cc1. The highest BCUT2D eigenvalue weighted by Crippen LogP contribution is 2.24. The third-order valence-corrected chi connectivity index (χ3v) is 5.70. The number of benzene rings is 3. The summed E-state index contributed by atoms with van der Waals surface area (Å²) >= 11 is 1.59. The van der Waals surface area contributed by atoms with E-state index >= 15 is 0 Å². The van der Waals surface area contributed by atoms with E-state index in [1.54, 1.807) is 18.9 Å². The van der Waals surface area contributed by atoms with Gasteiger partial charge in [0.05, 0.1) is 17.6 Å². The van der Waals surface area contributed by atoms with Crippen LogP contribution >= 0.6 is 11.8 Å². The Morgan fingerprint density at radius 1 is 1.00 bits per heavy atom. The maximum atomic E-state index is 12.8. The van der Waals surface area contributed by atoms with Crippen LogP contribution in [0.4, 0.5) is 0 Å². The summed E-state index contributed by atoms with van der Waals surface area (Å²) in [6, 6.07) is 23.7. The third kappa shape index (κ3) is 4.90. The van der Waals surface area contributed by atoms with Gasteiger partial charge in [0.1, 0.15) is 0 Å². The summed E-state index contributed by atoms with van der Waals surface area (Å²) in [4.78, 5) is 20.7. The van der Waals surface area contributed by atoms with E-state index in [9.17, 15) is 4.79 Å². The first kappa shape index (κ1) is 20.2. The van der Waals surface area contributed by atoms with Crippen LogP contribution in [0.25, 0.3) is 11.0 Å². The number of imidazole rings is 1. The molecule has 1 aromatic heterocycles. The van der Waals surface area contributed by atoms with Crippen molar-refractivity contribution in [3.63, 3.8) is 0 Å². The number of aromatic nitrogens is 2. The standard InChI is InChI=1S/C24H23N3O2S/c1-29-15-18-12-10-17(11-13-18)14-25-23(28)20-7-3-2-6-19(20)16-30-24-26-21-8-4-5-9-22(21)27-24/h2-13H,14-16H2,1H3,(H,25,28)(H,26,27). The lowest BCUT2D eigenvalue weighted by Gasteiger charge is -2.10. The third-order valence-electron chi connectivity index (χ3n) is 4.78. The van der Waals surface area contributed by atoms with Crippen LogP contribution in [0.5, 0.6) is 0 Å². The molecule has 2 N–H and O–H groups in total. The maximum Gasteiger partial charge on any atom is 0.251 e. The molecule has 0 aliphatic rings. The zero-order valence-electron chi connectivity index (χ0n) is 16.7. The largest absolute Gasteiger partial charge is 0.380 e. The summed E-state index contributed by atoms with van der Waals surface area (Å²) in [5.41, 5.74) is 5.80. The summed E-state index contributed by atoms with van der Waals surface area (Å²) < 4.78 is 5.13. The van der Waals surface area contributed by atoms with Crippen LogP contribution in [0.3, 0.4) is 0 Å². The molecule has 0 saturated carbocycles. The second-order valence-corrected chi connectivity index (χ2v) is 7.90. The van der Waals surface area contributed by atoms with Crippen molar-refractivity contribution >= 4 is 28.7 Å². The Morgan fingerprint density at radius 2 is 1.73 bits per heavy atom. The summed E-state index contributed by atoms with van der Waals surface area (Å²) in [5, 5.41) is 3.87. The quantitative estimate of drug-likeness (QED) is 0.399. The molecule has 1 amide bonds. The molecule has 30 heavy (non-hydrogen) atoms. The molecule has 0 spiro atoms. The molecule has 0 radical (unpaired) electrons. The Kier molecular flexibility index (Phi) is 6.47. The van der Waals surface area contributed by atoms with Crippen molar-refractivity contribution in [2.45, 2.75) is 24.1 Å². The molecule has 0 fully saturated rings. The van der Waals surface area contributed by atoms with E-state index in [2.05, 4.69) is 15.3 Å². The van der Waals surface area contributed by atoms with Gasteiger partial charge in [0.2, 0.25) is 0 Å². The maximum absolute atomic E-state index is 12.8. The minimum Gasteiger partial charge on any atom is -0.380 e. The van der Waals surface area contributed by atoms with E-state index in [0.29, 0.717) is 24.5 Å². The van der Waals surface area contributed by atoms with Gasteiger partial charge in [0.15, 0.2) is 5.16 Å². The van der Waals surface area contributed by atoms with Crippen LogP contribution in [-0.4, -0.2) is 23.0 Å². The molecule has 0 bridgehead atoms. The number of rotatable bonds is 8. The molecule has 1 heterocycles. The molecule has 152 valence electrons. The van der Waals surface area contributed by atoms with Gasteiger partial charge in [-0.05, 0) is 34.9 Å². The lowest BCUT2D eigenvalue weighted by molar-refractivity contribution is 0.0950. The van der Waals surface area contributed by atoms with Gasteiger partial charge in [-0.1, -0.05) is 66.4 Å². The smallest absolute Gasteiger partial charge is 0.251 e. The van der Waals surface area contributed by atoms with E-state index in [1.165, 1.54) is 0 Å². The number of methoxy groups -OCH3 is 1. The molecule has 0 atom stereocenters. The van der Waals surface area contributed by atoms with Gasteiger partial charge in [0, 0.05) is 25.0 Å². The van der Waals surface area contributed by atoms with Gasteiger partial charge in [-0.15, -0.1) is 0 Å². The highest BCUT2D eigenvalue weighted by atomic mass is 32.2. The molecule has 4 rings (SSSR count). The van der Waals surface area contributed by atoms with Gasteiger partial charge in [0.25, 0.3) is 5.91 Å². The van der Waals surface area contributed by atoms with E-state index < -0.39 is 0 Å². The van der Waals surface area contributed by atoms with Crippen LogP contribution in [0.1, 0.15) is 27.0 Å². The Balaban J connectivity index is 1.39. The second kappa shape index (κ2) is 9.61. The summed E-state index contributed by atoms with van der Waals surface area (Å²) in [5.74, 6) is 0.589. The normalized spacial score (nSPS) is 11.0. The number of nitrogens with zero attached hydrogens (tertiary/aromatic N) is 1. The lowest BCUT2D eigenvalue weighted by atomic mass is 10.1. The van der Waals surface area contributed by atoms with Gasteiger partial charge < -0.3 is 15.0 Å². The van der Waals surface area contributed by atoms with Crippen molar-refractivity contribution in [1.82, 2.24) is 15.3 Å². The Bertz CT molecular complexity index is 1110. The summed E-state index contributed by atoms with van der Waals surface area (Å²) in [6.07, 6.45) is 0. The number of nitrogens with one attached hydrogen (secondary N) is 2. The highest BCUT2D eigenvalue weighted by Gasteiger charge is 2.12. The first-order valence-electron chi connectivity index (χ1n) is 9.73. The number of ether oxygens (including phenoxy) is 1. The van der Waals surface area contributed by atoms with Gasteiger partial charge >= 0.3 is 0 Å². The average Bonchev–Trinajstić information content (AvgIpc) is 3.20. The number of carbonyl (C=O) groups is 1. The zero-order chi connectivity index (χ0) is 20.8. The summed E-state index contributed by atoms with van der Waals surface area (Å²) in [6.45, 7) is 1.07. The number of aromatic amines is 1. The van der Waals surface area contributed by atoms with Gasteiger partial charge in [-0.25, -0.2) is 4.98 Å². The van der Waals surface area contributed by atoms with E-state index in [0.717, 1.165) is 32.9 Å². The lowest BCUT2D eigenvalue weighted by Crippen LogP contribution is -2.23. The summed E-state index contributed by atoms with van der Waals surface area (Å²) in [7, 11) is 1.68. The number of para-hydroxylation sites is 2. The fraction of sp³-hybridized carbons (Fsp3) is 0.167. The molecule has 0 unspecified atom stereocenters. The number of thioether (sulfide) groups is 1. The van der Waals surface area contributed by atoms with Crippen molar-refractivity contribution in [3.05, 3.63) is 95.1 Å². The number of hydrogen-bond acceptors (Lipinski definition) is 4. The van der Waals surface area contributed by atoms with Crippen molar-refractivity contribution in [1.29, 1.82) is 0 Å². The molecular weight excluding hydrogens is 394 g/mol. The van der Waals surface area contributed by atoms with Crippen LogP contribution in [0.15, 0.2) is 78.0 Å². The first-order chi connectivity index (χ1) is 14.7. The predicted octanol–water partition coefficient (Wildman–Crippen LogP) is 4.93. The fourth-order valence-electron chi connectivity index (χ4n) is 3.21. The molecule has 0 aliphatic heterocycles. The fourth-order valence-corrected chi connectivity index (χ4v) is 4.10. The minimum absolute atomic E-state index is 0.0724. The average molecular weight is 418 g/mol. The molecule has 6 heteroatoms. The predicted molar refractivity (Wildman–Crippen MR) is 120 cm³/mol. The number of fused-ring (bicyclic) bond motifs is 1. The zero-order valence-corrected chi connectivity index (χ0v) is 17.5. The van der Waals surface area contributed by atoms with Crippen LogP contribution in [-0.2, 0) is 23.6 Å². The van der Waals surface area contributed by atoms with E-state index in [-0.39, 0.29) is 5.91 Å². The Morgan fingerprint density at radius 3 is 2.53 bits per heavy atom. The molecule has 4 aromatic rings. The first-order valence-corrected chi connectivity index (χ1v) is 10.7. The molecule has 3 aromatic carbocycles. The minimum atomic E-state index is -0.0724. The van der Waals surface area contributed by atoms with Gasteiger partial charge in [-0.3, -0.25) is 4.79 Å². The Labute approximate surface area is 179 Å². The van der Waals surface area contributed by atoms with Crippen LogP contribution in [0.2, 0.25) is 0 Å². The topological polar surface area (TPSA) is 67.0 Å². The number of hydrogen-bond donors (Lipinski definition) is 2.